The molecule has 3 N–H and O–H groups in total. The molecule has 11 nitrogen and oxygen atoms in total. The second-order valence-electron chi connectivity index (χ2n) is 6.22. The molecule has 11 heteroatoms. The number of nitrogen functional groups attached to an aromatic ring is 1. The van der Waals surface area contributed by atoms with Crippen LogP contribution in [0.15, 0.2) is 6.33 Å². The summed E-state index contributed by atoms with van der Waals surface area (Å²) < 4.78 is 18.6. The Morgan fingerprint density at radius 3 is 2.80 bits per heavy atom. The number of nitriles is 1. The number of hydrogen-bond donors (Lipinski definition) is 2. The molecule has 2 aromatic rings. The van der Waals surface area contributed by atoms with Crippen LogP contribution in [0.4, 0.5) is 5.82 Å². The second-order valence-corrected chi connectivity index (χ2v) is 6.22. The van der Waals surface area contributed by atoms with E-state index in [1.165, 1.54) is 10.9 Å². The largest absolute Gasteiger partial charge is 0.479 e. The fraction of sp³-hybridized carbons (Fsp3) is 0.500. The average Bonchev–Trinajstić information content (AvgIpc) is 3.17. The molecule has 0 saturated carbocycles. The lowest BCUT2D eigenvalue weighted by Crippen LogP contribution is -2.35. The molecule has 2 saturated heterocycles. The van der Waals surface area contributed by atoms with Crippen LogP contribution in [0.2, 0.25) is 0 Å². The highest BCUT2D eigenvalue weighted by atomic mass is 16.8. The van der Waals surface area contributed by atoms with Gasteiger partial charge in [-0.3, -0.25) is 4.57 Å². The summed E-state index contributed by atoms with van der Waals surface area (Å²) in [7, 11) is 0. The number of ether oxygens (including phenoxy) is 3. The van der Waals surface area contributed by atoms with Crippen LogP contribution in [0.3, 0.4) is 0 Å². The minimum atomic E-state index is -1.20. The van der Waals surface area contributed by atoms with Gasteiger partial charge in [-0.2, -0.15) is 15.2 Å². The summed E-state index contributed by atoms with van der Waals surface area (Å²) in [6.07, 6.45) is -2.13. The van der Waals surface area contributed by atoms with Gasteiger partial charge in [-0.15, -0.1) is 0 Å². The van der Waals surface area contributed by atoms with Crippen LogP contribution in [-0.4, -0.2) is 54.7 Å². The summed E-state index contributed by atoms with van der Waals surface area (Å²) in [6, 6.07) is 1.82. The molecule has 4 heterocycles. The minimum absolute atomic E-state index is 0.0496. The minimum Gasteiger partial charge on any atom is -0.479 e. The van der Waals surface area contributed by atoms with Crippen LogP contribution < -0.4 is 5.73 Å². The third-order valence-corrected chi connectivity index (χ3v) is 4.10. The fourth-order valence-corrected chi connectivity index (χ4v) is 3.17. The maximum absolute atomic E-state index is 11.5. The van der Waals surface area contributed by atoms with Crippen molar-refractivity contribution in [1.82, 2.24) is 19.5 Å². The number of carboxylic acid groups (broad SMARTS) is 1. The molecule has 0 unspecified atom stereocenters. The first kappa shape index (κ1) is 15.7. The van der Waals surface area contributed by atoms with E-state index in [1.54, 1.807) is 13.8 Å². The molecule has 0 bridgehead atoms. The summed E-state index contributed by atoms with van der Waals surface area (Å²) in [5, 5.41) is 18.4. The summed E-state index contributed by atoms with van der Waals surface area (Å²) in [5.74, 6) is -2.18. The van der Waals surface area contributed by atoms with E-state index in [0.717, 1.165) is 0 Å². The highest BCUT2D eigenvalue weighted by molar-refractivity contribution is 5.82. The monoisotopic (exact) mass is 346 g/mol. The highest BCUT2D eigenvalue weighted by Crippen LogP contribution is 2.43. The molecular weight excluding hydrogens is 332 g/mol. The van der Waals surface area contributed by atoms with E-state index in [0.29, 0.717) is 0 Å². The number of nitrogens with zero attached hydrogens (tertiary/aromatic N) is 5. The molecule has 0 spiro atoms. The molecule has 4 atom stereocenters. The lowest BCUT2D eigenvalue weighted by atomic mass is 10.1. The molecule has 0 aromatic carbocycles. The summed E-state index contributed by atoms with van der Waals surface area (Å²) >= 11 is 0. The van der Waals surface area contributed by atoms with Crippen molar-refractivity contribution in [3.8, 4) is 6.07 Å². The van der Waals surface area contributed by atoms with Crippen molar-refractivity contribution in [2.24, 2.45) is 0 Å². The predicted octanol–water partition coefficient (Wildman–Crippen LogP) is -0.218. The zero-order valence-corrected chi connectivity index (χ0v) is 13.3. The first-order valence-electron chi connectivity index (χ1n) is 7.45. The van der Waals surface area contributed by atoms with Gasteiger partial charge < -0.3 is 25.1 Å². The number of carbonyl (C=O) groups is 1. The zero-order valence-electron chi connectivity index (χ0n) is 13.3. The molecule has 2 aliphatic rings. The second kappa shape index (κ2) is 5.09. The Balaban J connectivity index is 1.82. The molecule has 2 aliphatic heterocycles. The quantitative estimate of drug-likeness (QED) is 0.744. The smallest absolute Gasteiger partial charge is 0.335 e. The number of carboxylic acids is 1. The lowest BCUT2D eigenvalue weighted by Gasteiger charge is -2.23. The Morgan fingerprint density at radius 2 is 2.12 bits per heavy atom. The van der Waals surface area contributed by atoms with Gasteiger partial charge in [0.15, 0.2) is 29.6 Å². The standard InChI is InChI=1S/C14H14N6O5/c1-14(2)24-7-8(25-14)12(23-9(7)13(21)22)20-4-17-6-10(16)18-5(3-15)19-11(6)20/h4,7-9,12H,1-2H3,(H,21,22)(H2,16,18,19)/t7-,8+,9-,12+/m0/s1. The normalized spacial score (nSPS) is 30.3. The van der Waals surface area contributed by atoms with Crippen molar-refractivity contribution >= 4 is 23.0 Å². The predicted molar refractivity (Wildman–Crippen MR) is 79.8 cm³/mol. The van der Waals surface area contributed by atoms with Crippen molar-refractivity contribution in [1.29, 1.82) is 5.26 Å². The van der Waals surface area contributed by atoms with Gasteiger partial charge in [-0.1, -0.05) is 0 Å². The summed E-state index contributed by atoms with van der Waals surface area (Å²) in [5.41, 5.74) is 6.35. The number of aliphatic carboxylic acids is 1. The Morgan fingerprint density at radius 1 is 1.40 bits per heavy atom. The first-order valence-corrected chi connectivity index (χ1v) is 7.45. The average molecular weight is 346 g/mol. The zero-order chi connectivity index (χ0) is 17.9. The van der Waals surface area contributed by atoms with E-state index in [4.69, 9.17) is 25.2 Å². The van der Waals surface area contributed by atoms with Gasteiger partial charge >= 0.3 is 5.97 Å². The number of imidazole rings is 1. The van der Waals surface area contributed by atoms with Gasteiger partial charge in [0.2, 0.25) is 5.82 Å². The van der Waals surface area contributed by atoms with Crippen molar-refractivity contribution in [3.63, 3.8) is 0 Å². The van der Waals surface area contributed by atoms with E-state index < -0.39 is 36.3 Å². The van der Waals surface area contributed by atoms with E-state index in [1.807, 2.05) is 6.07 Å². The van der Waals surface area contributed by atoms with Gasteiger partial charge in [0.1, 0.15) is 23.8 Å². The molecule has 0 radical (unpaired) electrons. The third-order valence-electron chi connectivity index (χ3n) is 4.10. The van der Waals surface area contributed by atoms with E-state index in [-0.39, 0.29) is 22.8 Å². The Labute approximate surface area is 140 Å². The van der Waals surface area contributed by atoms with Gasteiger partial charge in [0.05, 0.1) is 6.33 Å². The van der Waals surface area contributed by atoms with Crippen LogP contribution in [-0.2, 0) is 19.0 Å². The van der Waals surface area contributed by atoms with Crippen molar-refractivity contribution in [3.05, 3.63) is 12.2 Å². The van der Waals surface area contributed by atoms with Crippen LogP contribution in [0.25, 0.3) is 11.2 Å². The van der Waals surface area contributed by atoms with Gasteiger partial charge in [-0.25, -0.2) is 9.78 Å². The fourth-order valence-electron chi connectivity index (χ4n) is 3.17. The number of aromatic nitrogens is 4. The van der Waals surface area contributed by atoms with Crippen LogP contribution in [0.5, 0.6) is 0 Å². The first-order chi connectivity index (χ1) is 11.8. The van der Waals surface area contributed by atoms with Crippen molar-refractivity contribution < 1.29 is 24.1 Å². The summed E-state index contributed by atoms with van der Waals surface area (Å²) in [4.78, 5) is 23.6. The molecular formula is C14H14N6O5. The van der Waals surface area contributed by atoms with Gasteiger partial charge in [0.25, 0.3) is 0 Å². The van der Waals surface area contributed by atoms with Crippen LogP contribution in [0, 0.1) is 11.3 Å². The van der Waals surface area contributed by atoms with E-state index in [9.17, 15) is 9.90 Å². The van der Waals surface area contributed by atoms with Crippen LogP contribution >= 0.6 is 0 Å². The number of nitrogens with two attached hydrogens (primary N) is 1. The van der Waals surface area contributed by atoms with Crippen LogP contribution in [0.1, 0.15) is 25.9 Å². The van der Waals surface area contributed by atoms with Crippen molar-refractivity contribution in [2.45, 2.75) is 44.2 Å². The maximum Gasteiger partial charge on any atom is 0.335 e. The lowest BCUT2D eigenvalue weighted by molar-refractivity contribution is -0.202. The number of rotatable bonds is 2. The van der Waals surface area contributed by atoms with Gasteiger partial charge in [-0.05, 0) is 13.8 Å². The Kier molecular flexibility index (Phi) is 3.20. The van der Waals surface area contributed by atoms with E-state index >= 15 is 0 Å². The maximum atomic E-state index is 11.5. The molecule has 0 aliphatic carbocycles. The molecule has 130 valence electrons. The van der Waals surface area contributed by atoms with Gasteiger partial charge in [0, 0.05) is 0 Å². The highest BCUT2D eigenvalue weighted by Gasteiger charge is 2.58. The number of anilines is 1. The van der Waals surface area contributed by atoms with E-state index in [2.05, 4.69) is 15.0 Å². The number of fused-ring (bicyclic) bond motifs is 2. The topological polar surface area (TPSA) is 158 Å². The summed E-state index contributed by atoms with van der Waals surface area (Å²) in [6.45, 7) is 3.39. The Bertz CT molecular complexity index is 918. The van der Waals surface area contributed by atoms with Crippen molar-refractivity contribution in [2.75, 3.05) is 5.73 Å². The third kappa shape index (κ3) is 2.30. The SMILES string of the molecule is CC1(C)O[C@@H]2[C@H](O1)[C@@H](C(=O)O)O[C@H]2n1cnc2c(N)nc(C#N)nc21. The molecule has 25 heavy (non-hydrogen) atoms. The number of hydrogen-bond acceptors (Lipinski definition) is 9. The molecule has 4 rings (SSSR count). The molecule has 2 fully saturated rings. The Hall–Kier alpha value is -2.81. The molecule has 2 aromatic heterocycles. The molecule has 0 amide bonds.